The van der Waals surface area contributed by atoms with E-state index in [1.165, 1.54) is 6.92 Å². The molecule has 0 bridgehead atoms. The first-order chi connectivity index (χ1) is 13.1. The van der Waals surface area contributed by atoms with Crippen LogP contribution in [-0.4, -0.2) is 33.2 Å². The third kappa shape index (κ3) is 5.19. The maximum Gasteiger partial charge on any atom is 0.318 e. The van der Waals surface area contributed by atoms with Crippen molar-refractivity contribution in [3.63, 3.8) is 0 Å². The fraction of sp³-hybridized carbons (Fsp3) is 0.318. The maximum absolute atomic E-state index is 12.9. The van der Waals surface area contributed by atoms with Crippen molar-refractivity contribution in [3.05, 3.63) is 77.0 Å². The molecule has 2 atom stereocenters. The zero-order chi connectivity index (χ0) is 20.9. The molecule has 6 heteroatoms. The molecule has 0 saturated carbocycles. The number of ether oxygens (including phenoxy) is 1. The number of esters is 1. The van der Waals surface area contributed by atoms with E-state index in [4.69, 9.17) is 4.74 Å². The van der Waals surface area contributed by atoms with Gasteiger partial charge < -0.3 is 9.94 Å². The van der Waals surface area contributed by atoms with Gasteiger partial charge in [-0.1, -0.05) is 48.5 Å². The van der Waals surface area contributed by atoms with E-state index in [-0.39, 0.29) is 10.6 Å². The maximum atomic E-state index is 12.9. The second-order valence-corrected chi connectivity index (χ2v) is 7.53. The summed E-state index contributed by atoms with van der Waals surface area (Å²) in [5.41, 5.74) is 0.0406. The van der Waals surface area contributed by atoms with Gasteiger partial charge in [0.05, 0.1) is 5.92 Å². The molecule has 0 radical (unpaired) electrons. The van der Waals surface area contributed by atoms with Gasteiger partial charge in [-0.15, -0.1) is 0 Å². The summed E-state index contributed by atoms with van der Waals surface area (Å²) < 4.78 is 5.45. The van der Waals surface area contributed by atoms with E-state index in [0.29, 0.717) is 11.1 Å². The van der Waals surface area contributed by atoms with Crippen molar-refractivity contribution in [1.29, 1.82) is 0 Å². The van der Waals surface area contributed by atoms with E-state index in [1.54, 1.807) is 81.4 Å². The molecule has 0 saturated heterocycles. The number of rotatable bonds is 6. The topological polar surface area (TPSA) is 89.7 Å². The van der Waals surface area contributed by atoms with Gasteiger partial charge in [-0.2, -0.15) is 0 Å². The number of nitrogens with zero attached hydrogens (tertiary/aromatic N) is 1. The lowest BCUT2D eigenvalue weighted by Crippen LogP contribution is -2.40. The quantitative estimate of drug-likeness (QED) is 0.205. The van der Waals surface area contributed by atoms with E-state index < -0.39 is 29.2 Å². The van der Waals surface area contributed by atoms with E-state index in [2.05, 4.69) is 0 Å². The summed E-state index contributed by atoms with van der Waals surface area (Å²) in [6.07, 6.45) is 0. The molecule has 2 aromatic carbocycles. The first-order valence-electron chi connectivity index (χ1n) is 8.98. The van der Waals surface area contributed by atoms with E-state index in [1.807, 2.05) is 0 Å². The molecule has 148 valence electrons. The standard InChI is InChI=1S/C22H25NO5/c1-15(24)18(21(25)28-22(2,3)4)19(16-11-7-5-8-12-16)20(23(26)27)17-13-9-6-10-14-17/h5-14,18-19H,1-4H3,(H,26,27). The summed E-state index contributed by atoms with van der Waals surface area (Å²) in [5, 5.41) is 22.1. The molecule has 6 nitrogen and oxygen atoms in total. The Labute approximate surface area is 164 Å². The SMILES string of the molecule is CC(=O)C(C(=O)OC(C)(C)C)C(/C(c1ccccc1)=[N+](/[O-])O)c1ccccc1. The number of hydrogen-bond donors (Lipinski definition) is 1. The van der Waals surface area contributed by atoms with Gasteiger partial charge in [0.1, 0.15) is 17.3 Å². The monoisotopic (exact) mass is 383 g/mol. The molecule has 0 heterocycles. The Morgan fingerprint density at radius 1 is 1.00 bits per heavy atom. The van der Waals surface area contributed by atoms with Gasteiger partial charge >= 0.3 is 5.97 Å². The Bertz CT molecular complexity index is 850. The van der Waals surface area contributed by atoms with Gasteiger partial charge in [-0.05, 0) is 45.4 Å². The molecule has 28 heavy (non-hydrogen) atoms. The molecule has 2 aromatic rings. The van der Waals surface area contributed by atoms with Crippen molar-refractivity contribution in [2.24, 2.45) is 5.92 Å². The molecule has 0 aliphatic carbocycles. The molecular formula is C22H25NO5. The van der Waals surface area contributed by atoms with Crippen molar-refractivity contribution in [3.8, 4) is 0 Å². The molecule has 1 N–H and O–H groups in total. The van der Waals surface area contributed by atoms with Crippen LogP contribution in [0.5, 0.6) is 0 Å². The highest BCUT2D eigenvalue weighted by atomic mass is 16.8. The van der Waals surface area contributed by atoms with Gasteiger partial charge in [0.25, 0.3) is 5.71 Å². The average Bonchev–Trinajstić information content (AvgIpc) is 2.60. The van der Waals surface area contributed by atoms with Gasteiger partial charge in [-0.3, -0.25) is 14.8 Å². The number of ketones is 1. The van der Waals surface area contributed by atoms with Crippen LogP contribution in [0.25, 0.3) is 0 Å². The first-order valence-corrected chi connectivity index (χ1v) is 8.98. The zero-order valence-electron chi connectivity index (χ0n) is 16.5. The van der Waals surface area contributed by atoms with Crippen LogP contribution in [0.1, 0.15) is 44.7 Å². The fourth-order valence-electron chi connectivity index (χ4n) is 3.09. The Hall–Kier alpha value is -3.15. The molecule has 2 unspecified atom stereocenters. The molecule has 0 aromatic heterocycles. The second kappa shape index (κ2) is 8.69. The third-order valence-electron chi connectivity index (χ3n) is 4.16. The van der Waals surface area contributed by atoms with Crippen LogP contribution in [-0.2, 0) is 14.3 Å². The largest absolute Gasteiger partial charge is 0.459 e. The predicted molar refractivity (Wildman–Crippen MR) is 105 cm³/mol. The molecule has 0 aliphatic heterocycles. The number of benzene rings is 2. The summed E-state index contributed by atoms with van der Waals surface area (Å²) in [6, 6.07) is 17.1. The van der Waals surface area contributed by atoms with Gasteiger partial charge in [0.2, 0.25) is 0 Å². The third-order valence-corrected chi connectivity index (χ3v) is 4.16. The summed E-state index contributed by atoms with van der Waals surface area (Å²) in [4.78, 5) is 25.2. The van der Waals surface area contributed by atoms with E-state index >= 15 is 0 Å². The predicted octanol–water partition coefficient (Wildman–Crippen LogP) is 3.71. The van der Waals surface area contributed by atoms with Crippen molar-refractivity contribution < 1.29 is 24.4 Å². The Kier molecular flexibility index (Phi) is 6.57. The smallest absolute Gasteiger partial charge is 0.318 e. The molecule has 0 spiro atoms. The minimum Gasteiger partial charge on any atom is -0.459 e. The van der Waals surface area contributed by atoms with Gasteiger partial charge in [-0.25, -0.2) is 0 Å². The van der Waals surface area contributed by atoms with Crippen LogP contribution >= 0.6 is 0 Å². The van der Waals surface area contributed by atoms with Crippen LogP contribution in [0, 0.1) is 11.1 Å². The van der Waals surface area contributed by atoms with Crippen LogP contribution in [0.2, 0.25) is 0 Å². The van der Waals surface area contributed by atoms with Crippen molar-refractivity contribution in [2.45, 2.75) is 39.2 Å². The van der Waals surface area contributed by atoms with Gasteiger partial charge in [0.15, 0.2) is 0 Å². The number of carbonyl (C=O) groups is 2. The molecular weight excluding hydrogens is 358 g/mol. The van der Waals surface area contributed by atoms with Crippen molar-refractivity contribution in [1.82, 2.24) is 0 Å². The Morgan fingerprint density at radius 2 is 1.50 bits per heavy atom. The number of hydrogen-bond acceptors (Lipinski definition) is 5. The average molecular weight is 383 g/mol. The lowest BCUT2D eigenvalue weighted by Gasteiger charge is -2.27. The lowest BCUT2D eigenvalue weighted by atomic mass is 9.78. The summed E-state index contributed by atoms with van der Waals surface area (Å²) in [6.45, 7) is 6.38. The molecule has 0 amide bonds. The molecule has 0 aliphatic rings. The molecule has 2 rings (SSSR count). The Balaban J connectivity index is 2.69. The molecule has 0 fully saturated rings. The highest BCUT2D eigenvalue weighted by Crippen LogP contribution is 2.32. The zero-order valence-corrected chi connectivity index (χ0v) is 16.5. The lowest BCUT2D eigenvalue weighted by molar-refractivity contribution is -0.726. The van der Waals surface area contributed by atoms with Crippen molar-refractivity contribution >= 4 is 17.5 Å². The first kappa shape index (κ1) is 21.2. The number of carbonyl (C=O) groups excluding carboxylic acids is 2. The minimum atomic E-state index is -1.29. The van der Waals surface area contributed by atoms with E-state index in [9.17, 15) is 20.0 Å². The van der Waals surface area contributed by atoms with Crippen LogP contribution in [0.3, 0.4) is 0 Å². The fourth-order valence-corrected chi connectivity index (χ4v) is 3.09. The highest BCUT2D eigenvalue weighted by molar-refractivity contribution is 6.10. The second-order valence-electron chi connectivity index (χ2n) is 7.53. The minimum absolute atomic E-state index is 0.0992. The number of Topliss-reactive ketones (excluding diaryl/α,β-unsaturated/α-hetero) is 1. The Morgan fingerprint density at radius 3 is 1.93 bits per heavy atom. The summed E-state index contributed by atoms with van der Waals surface area (Å²) >= 11 is 0. The van der Waals surface area contributed by atoms with E-state index in [0.717, 1.165) is 0 Å². The normalized spacial score (nSPS) is 14.6. The van der Waals surface area contributed by atoms with Crippen LogP contribution in [0.4, 0.5) is 0 Å². The van der Waals surface area contributed by atoms with Crippen molar-refractivity contribution in [2.75, 3.05) is 0 Å². The highest BCUT2D eigenvalue weighted by Gasteiger charge is 2.44. The van der Waals surface area contributed by atoms with Gasteiger partial charge in [0, 0.05) is 10.5 Å². The summed E-state index contributed by atoms with van der Waals surface area (Å²) in [5.74, 6) is -3.51. The summed E-state index contributed by atoms with van der Waals surface area (Å²) in [7, 11) is 0. The van der Waals surface area contributed by atoms with Crippen LogP contribution < -0.4 is 0 Å². The van der Waals surface area contributed by atoms with Crippen LogP contribution in [0.15, 0.2) is 60.7 Å².